The maximum absolute atomic E-state index is 12.3. The van der Waals surface area contributed by atoms with Crippen LogP contribution in [0.3, 0.4) is 0 Å². The first-order chi connectivity index (χ1) is 17.0. The monoisotopic (exact) mass is 488 g/mol. The van der Waals surface area contributed by atoms with E-state index in [4.69, 9.17) is 21.8 Å². The van der Waals surface area contributed by atoms with Gasteiger partial charge in [-0.1, -0.05) is 23.7 Å². The second kappa shape index (κ2) is 8.85. The zero-order valence-corrected chi connectivity index (χ0v) is 19.9. The molecule has 2 aliphatic rings. The molecule has 1 aliphatic carbocycles. The molecular weight excluding hydrogens is 464 g/mol. The number of piperidine rings is 1. The van der Waals surface area contributed by atoms with Crippen molar-refractivity contribution in [3.8, 4) is 33.9 Å². The van der Waals surface area contributed by atoms with Gasteiger partial charge in [-0.05, 0) is 43.9 Å². The van der Waals surface area contributed by atoms with E-state index in [0.717, 1.165) is 55.5 Å². The molecule has 1 aromatic carbocycles. The minimum atomic E-state index is 0.278. The van der Waals surface area contributed by atoms with Crippen molar-refractivity contribution in [3.05, 3.63) is 60.1 Å². The molecular formula is C26H25ClN6O2. The van der Waals surface area contributed by atoms with Crippen LogP contribution in [0.5, 0.6) is 0 Å². The van der Waals surface area contributed by atoms with E-state index < -0.39 is 0 Å². The quantitative estimate of drug-likeness (QED) is 0.420. The molecule has 9 heteroatoms. The van der Waals surface area contributed by atoms with E-state index in [1.54, 1.807) is 12.4 Å². The highest BCUT2D eigenvalue weighted by Crippen LogP contribution is 2.35. The number of pyridine rings is 1. The van der Waals surface area contributed by atoms with Gasteiger partial charge in [0, 0.05) is 53.1 Å². The fraction of sp³-hybridized carbons (Fsp3) is 0.308. The van der Waals surface area contributed by atoms with E-state index in [2.05, 4.69) is 15.1 Å². The van der Waals surface area contributed by atoms with Gasteiger partial charge in [0.15, 0.2) is 5.76 Å². The number of oxazole rings is 1. The van der Waals surface area contributed by atoms with Crippen LogP contribution in [0.2, 0.25) is 5.02 Å². The minimum Gasteiger partial charge on any atom is -0.436 e. The van der Waals surface area contributed by atoms with E-state index in [-0.39, 0.29) is 12.0 Å². The number of nitrogens with two attached hydrogens (primary N) is 1. The van der Waals surface area contributed by atoms with Crippen LogP contribution >= 0.6 is 11.6 Å². The third-order valence-electron chi connectivity index (χ3n) is 6.78. The van der Waals surface area contributed by atoms with Crippen LogP contribution in [0.4, 0.5) is 5.82 Å². The molecule has 1 saturated carbocycles. The summed E-state index contributed by atoms with van der Waals surface area (Å²) in [7, 11) is 0. The second-order valence-corrected chi connectivity index (χ2v) is 9.67. The van der Waals surface area contributed by atoms with Gasteiger partial charge in [0.2, 0.25) is 11.8 Å². The Hall–Kier alpha value is -3.65. The Balaban J connectivity index is 1.20. The highest BCUT2D eigenvalue weighted by Gasteiger charge is 2.35. The number of rotatable bonds is 5. The van der Waals surface area contributed by atoms with Crippen LogP contribution in [0.1, 0.15) is 31.7 Å². The molecule has 3 aromatic heterocycles. The molecule has 0 radical (unpaired) electrons. The summed E-state index contributed by atoms with van der Waals surface area (Å²) in [6, 6.07) is 9.61. The number of amides is 1. The van der Waals surface area contributed by atoms with Gasteiger partial charge >= 0.3 is 0 Å². The molecule has 2 N–H and O–H groups in total. The summed E-state index contributed by atoms with van der Waals surface area (Å²) < 4.78 is 8.00. The topological polar surface area (TPSA) is 103 Å². The van der Waals surface area contributed by atoms with Gasteiger partial charge in [-0.3, -0.25) is 9.48 Å². The van der Waals surface area contributed by atoms with Gasteiger partial charge in [0.1, 0.15) is 5.82 Å². The molecule has 178 valence electrons. The zero-order valence-electron chi connectivity index (χ0n) is 19.1. The molecule has 8 nitrogen and oxygen atoms in total. The summed E-state index contributed by atoms with van der Waals surface area (Å²) in [6.07, 6.45) is 11.2. The molecule has 4 heterocycles. The van der Waals surface area contributed by atoms with Crippen molar-refractivity contribution in [3.63, 3.8) is 0 Å². The van der Waals surface area contributed by atoms with Crippen LogP contribution in [0.25, 0.3) is 33.9 Å². The smallest absolute Gasteiger partial charge is 0.230 e. The minimum absolute atomic E-state index is 0.278. The number of anilines is 1. The molecule has 1 saturated heterocycles. The third-order valence-corrected chi connectivity index (χ3v) is 7.01. The van der Waals surface area contributed by atoms with Crippen molar-refractivity contribution in [1.82, 2.24) is 24.6 Å². The van der Waals surface area contributed by atoms with Gasteiger partial charge in [-0.15, -0.1) is 0 Å². The summed E-state index contributed by atoms with van der Waals surface area (Å²) in [4.78, 5) is 23.1. The van der Waals surface area contributed by atoms with Crippen LogP contribution in [0.15, 0.2) is 59.5 Å². The zero-order chi connectivity index (χ0) is 23.9. The van der Waals surface area contributed by atoms with E-state index in [0.29, 0.717) is 34.0 Å². The number of nitrogen functional groups attached to an aromatic ring is 1. The largest absolute Gasteiger partial charge is 0.436 e. The van der Waals surface area contributed by atoms with E-state index in [9.17, 15) is 4.79 Å². The molecule has 0 atom stereocenters. The predicted octanol–water partition coefficient (Wildman–Crippen LogP) is 5.08. The lowest BCUT2D eigenvalue weighted by Gasteiger charge is -2.32. The molecule has 1 amide bonds. The van der Waals surface area contributed by atoms with Crippen LogP contribution in [-0.2, 0) is 4.79 Å². The van der Waals surface area contributed by atoms with Gasteiger partial charge in [0.05, 0.1) is 24.0 Å². The highest BCUT2D eigenvalue weighted by atomic mass is 35.5. The highest BCUT2D eigenvalue weighted by molar-refractivity contribution is 6.30. The van der Waals surface area contributed by atoms with E-state index >= 15 is 0 Å². The lowest BCUT2D eigenvalue weighted by atomic mass is 10.0. The van der Waals surface area contributed by atoms with E-state index in [1.165, 1.54) is 0 Å². The molecule has 0 bridgehead atoms. The van der Waals surface area contributed by atoms with E-state index in [1.807, 2.05) is 52.3 Å². The maximum Gasteiger partial charge on any atom is 0.230 e. The summed E-state index contributed by atoms with van der Waals surface area (Å²) in [5, 5.41) is 5.24. The number of hydrogen-bond donors (Lipinski definition) is 1. The average molecular weight is 489 g/mol. The molecule has 0 unspecified atom stereocenters. The van der Waals surface area contributed by atoms with Crippen molar-refractivity contribution in [2.75, 3.05) is 18.8 Å². The number of aromatic nitrogens is 4. The third kappa shape index (κ3) is 4.41. The standard InChI is InChI=1S/C26H25ClN6O2/c27-20-3-1-2-17(10-20)23-14-30-25(35-23)22-11-18(12-29-24(22)28)19-13-31-33(15-19)21-6-8-32(9-7-21)26(34)16-4-5-16/h1-3,10-16,21H,4-9H2,(H2,28,29). The van der Waals surface area contributed by atoms with Crippen molar-refractivity contribution < 1.29 is 9.21 Å². The van der Waals surface area contributed by atoms with Gasteiger partial charge in [-0.2, -0.15) is 5.10 Å². The Bertz CT molecular complexity index is 1380. The van der Waals surface area contributed by atoms with Crippen LogP contribution in [-0.4, -0.2) is 43.6 Å². The molecule has 2 fully saturated rings. The predicted molar refractivity (Wildman–Crippen MR) is 133 cm³/mol. The number of halogens is 1. The Labute approximate surface area is 207 Å². The molecule has 1 aliphatic heterocycles. The van der Waals surface area contributed by atoms with Crippen molar-refractivity contribution in [1.29, 1.82) is 0 Å². The first-order valence-electron chi connectivity index (χ1n) is 11.9. The Kier molecular flexibility index (Phi) is 5.53. The lowest BCUT2D eigenvalue weighted by Crippen LogP contribution is -2.39. The number of likely N-dealkylation sites (tertiary alicyclic amines) is 1. The second-order valence-electron chi connectivity index (χ2n) is 9.24. The molecule has 35 heavy (non-hydrogen) atoms. The van der Waals surface area contributed by atoms with Gasteiger partial charge in [0.25, 0.3) is 0 Å². The number of benzene rings is 1. The van der Waals surface area contributed by atoms with Crippen molar-refractivity contribution in [2.45, 2.75) is 31.7 Å². The summed E-state index contributed by atoms with van der Waals surface area (Å²) in [5.41, 5.74) is 9.45. The Morgan fingerprint density at radius 3 is 2.60 bits per heavy atom. The molecule has 6 rings (SSSR count). The Morgan fingerprint density at radius 1 is 1.00 bits per heavy atom. The molecule has 0 spiro atoms. The van der Waals surface area contributed by atoms with Crippen LogP contribution in [0, 0.1) is 5.92 Å². The normalized spacial score (nSPS) is 16.5. The lowest BCUT2D eigenvalue weighted by molar-refractivity contribution is -0.133. The van der Waals surface area contributed by atoms with Crippen LogP contribution < -0.4 is 5.73 Å². The number of nitrogens with zero attached hydrogens (tertiary/aromatic N) is 5. The average Bonchev–Trinajstić information content (AvgIpc) is 3.40. The van der Waals surface area contributed by atoms with Gasteiger partial charge in [-0.25, -0.2) is 9.97 Å². The molecule has 4 aromatic rings. The first kappa shape index (κ1) is 21.9. The maximum atomic E-state index is 12.3. The van der Waals surface area contributed by atoms with Gasteiger partial charge < -0.3 is 15.1 Å². The fourth-order valence-electron chi connectivity index (χ4n) is 4.60. The fourth-order valence-corrected chi connectivity index (χ4v) is 4.79. The number of carbonyl (C=O) groups is 1. The van der Waals surface area contributed by atoms with Crippen molar-refractivity contribution >= 4 is 23.3 Å². The number of carbonyl (C=O) groups excluding carboxylic acids is 1. The Morgan fingerprint density at radius 2 is 1.83 bits per heavy atom. The summed E-state index contributed by atoms with van der Waals surface area (Å²) in [6.45, 7) is 1.59. The summed E-state index contributed by atoms with van der Waals surface area (Å²) >= 11 is 6.11. The first-order valence-corrected chi connectivity index (χ1v) is 12.2. The summed E-state index contributed by atoms with van der Waals surface area (Å²) in [5.74, 6) is 1.95. The number of hydrogen-bond acceptors (Lipinski definition) is 6. The van der Waals surface area contributed by atoms with Crippen molar-refractivity contribution in [2.24, 2.45) is 5.92 Å². The SMILES string of the molecule is Nc1ncc(-c2cnn(C3CCN(C(=O)C4CC4)CC3)c2)cc1-c1ncc(-c2cccc(Cl)c2)o1.